The molecule has 36 heavy (non-hydrogen) atoms. The summed E-state index contributed by atoms with van der Waals surface area (Å²) >= 11 is 0. The standard InChI is InChI=1S/C27H36N8O/c1-19-15-20(2)30-26(29-19)34-12-9-27(10-13-34)25(36)35(14-11-28-27)18-24-23(17-33(5)31-24)21-7-6-8-22(16-21)32(3)4/h6-8,15-17,28H,9-14,18H2,1-5H3. The maximum Gasteiger partial charge on any atom is 0.243 e. The van der Waals surface area contributed by atoms with E-state index < -0.39 is 5.54 Å². The van der Waals surface area contributed by atoms with E-state index in [4.69, 9.17) is 5.10 Å². The van der Waals surface area contributed by atoms with Gasteiger partial charge in [-0.1, -0.05) is 12.1 Å². The molecule has 0 saturated carbocycles. The summed E-state index contributed by atoms with van der Waals surface area (Å²) in [5.74, 6) is 0.939. The number of nitrogens with zero attached hydrogens (tertiary/aromatic N) is 7. The molecule has 1 aromatic carbocycles. The predicted molar refractivity (Wildman–Crippen MR) is 142 cm³/mol. The average molecular weight is 489 g/mol. The van der Waals surface area contributed by atoms with Crippen LogP contribution in [0.4, 0.5) is 11.6 Å². The molecule has 3 aromatic rings. The maximum absolute atomic E-state index is 13.8. The first-order valence-electron chi connectivity index (χ1n) is 12.7. The number of hydrogen-bond acceptors (Lipinski definition) is 7. The highest BCUT2D eigenvalue weighted by Gasteiger charge is 2.46. The van der Waals surface area contributed by atoms with E-state index in [9.17, 15) is 4.79 Å². The van der Waals surface area contributed by atoms with Crippen molar-refractivity contribution >= 4 is 17.5 Å². The number of carbonyl (C=O) groups excluding carboxylic acids is 1. The van der Waals surface area contributed by atoms with E-state index >= 15 is 0 Å². The third-order valence-corrected chi connectivity index (χ3v) is 7.33. The van der Waals surface area contributed by atoms with Crippen molar-refractivity contribution in [3.63, 3.8) is 0 Å². The zero-order valence-corrected chi connectivity index (χ0v) is 22.0. The van der Waals surface area contributed by atoms with E-state index in [1.54, 1.807) is 0 Å². The lowest BCUT2D eigenvalue weighted by Gasteiger charge is -2.47. The summed E-state index contributed by atoms with van der Waals surface area (Å²) in [6.45, 7) is 7.47. The number of aromatic nitrogens is 4. The summed E-state index contributed by atoms with van der Waals surface area (Å²) in [7, 11) is 6.02. The summed E-state index contributed by atoms with van der Waals surface area (Å²) in [5, 5.41) is 8.33. The minimum atomic E-state index is -0.534. The van der Waals surface area contributed by atoms with E-state index in [1.807, 2.05) is 50.6 Å². The Bertz CT molecular complexity index is 1240. The van der Waals surface area contributed by atoms with Gasteiger partial charge in [0.25, 0.3) is 0 Å². The van der Waals surface area contributed by atoms with Crippen molar-refractivity contribution in [1.29, 1.82) is 0 Å². The van der Waals surface area contributed by atoms with E-state index in [0.29, 0.717) is 13.1 Å². The molecule has 1 amide bonds. The fourth-order valence-electron chi connectivity index (χ4n) is 5.41. The molecule has 0 atom stereocenters. The number of anilines is 2. The minimum Gasteiger partial charge on any atom is -0.378 e. The monoisotopic (exact) mass is 488 g/mol. The van der Waals surface area contributed by atoms with Crippen LogP contribution in [0.3, 0.4) is 0 Å². The van der Waals surface area contributed by atoms with Gasteiger partial charge in [0.05, 0.1) is 12.2 Å². The summed E-state index contributed by atoms with van der Waals surface area (Å²) in [4.78, 5) is 29.4. The van der Waals surface area contributed by atoms with Gasteiger partial charge in [-0.05, 0) is 50.5 Å². The second kappa shape index (κ2) is 9.54. The number of aryl methyl sites for hydroxylation is 3. The lowest BCUT2D eigenvalue weighted by molar-refractivity contribution is -0.143. The number of carbonyl (C=O) groups is 1. The smallest absolute Gasteiger partial charge is 0.243 e. The van der Waals surface area contributed by atoms with Crippen molar-refractivity contribution in [2.24, 2.45) is 7.05 Å². The molecule has 0 unspecified atom stereocenters. The zero-order valence-electron chi connectivity index (χ0n) is 22.0. The van der Waals surface area contributed by atoms with Crippen LogP contribution in [0.25, 0.3) is 11.1 Å². The second-order valence-corrected chi connectivity index (χ2v) is 10.3. The van der Waals surface area contributed by atoms with Gasteiger partial charge in [-0.25, -0.2) is 9.97 Å². The van der Waals surface area contributed by atoms with Gasteiger partial charge in [-0.15, -0.1) is 0 Å². The quantitative estimate of drug-likeness (QED) is 0.591. The largest absolute Gasteiger partial charge is 0.378 e. The molecule has 2 aromatic heterocycles. The minimum absolute atomic E-state index is 0.174. The number of rotatable bonds is 5. The Hall–Kier alpha value is -3.46. The van der Waals surface area contributed by atoms with Gasteiger partial charge in [0.15, 0.2) is 0 Å². The van der Waals surface area contributed by atoms with Crippen molar-refractivity contribution < 1.29 is 4.79 Å². The van der Waals surface area contributed by atoms with Crippen molar-refractivity contribution in [1.82, 2.24) is 30.0 Å². The lowest BCUT2D eigenvalue weighted by Crippen LogP contribution is -2.67. The fourth-order valence-corrected chi connectivity index (χ4v) is 5.41. The van der Waals surface area contributed by atoms with Crippen LogP contribution in [-0.2, 0) is 18.4 Å². The van der Waals surface area contributed by atoms with Gasteiger partial charge < -0.3 is 20.0 Å². The van der Waals surface area contributed by atoms with Gasteiger partial charge in [0, 0.05) is 76.2 Å². The van der Waals surface area contributed by atoms with Crippen LogP contribution < -0.4 is 15.1 Å². The zero-order chi connectivity index (χ0) is 25.4. The molecular formula is C27H36N8O. The van der Waals surface area contributed by atoms with Crippen molar-refractivity contribution in [3.05, 3.63) is 53.6 Å². The highest BCUT2D eigenvalue weighted by molar-refractivity contribution is 5.88. The Kier molecular flexibility index (Phi) is 6.42. The maximum atomic E-state index is 13.8. The third kappa shape index (κ3) is 4.67. The highest BCUT2D eigenvalue weighted by Crippen LogP contribution is 2.31. The van der Waals surface area contributed by atoms with Gasteiger partial charge >= 0.3 is 0 Å². The third-order valence-electron chi connectivity index (χ3n) is 7.33. The molecule has 1 spiro atoms. The van der Waals surface area contributed by atoms with Gasteiger partial charge in [0.1, 0.15) is 5.54 Å². The Balaban J connectivity index is 1.33. The molecule has 190 valence electrons. The molecular weight excluding hydrogens is 452 g/mol. The van der Waals surface area contributed by atoms with E-state index in [-0.39, 0.29) is 5.91 Å². The van der Waals surface area contributed by atoms with Crippen molar-refractivity contribution in [2.45, 2.75) is 38.8 Å². The van der Waals surface area contributed by atoms with Crippen molar-refractivity contribution in [3.8, 4) is 11.1 Å². The molecule has 2 aliphatic heterocycles. The Morgan fingerprint density at radius 3 is 2.47 bits per heavy atom. The highest BCUT2D eigenvalue weighted by atomic mass is 16.2. The number of amides is 1. The lowest BCUT2D eigenvalue weighted by atomic mass is 9.84. The number of piperidine rings is 1. The van der Waals surface area contributed by atoms with Crippen molar-refractivity contribution in [2.75, 3.05) is 50.1 Å². The van der Waals surface area contributed by atoms with Crippen LogP contribution in [-0.4, -0.2) is 76.4 Å². The van der Waals surface area contributed by atoms with E-state index in [2.05, 4.69) is 55.5 Å². The van der Waals surface area contributed by atoms with Gasteiger partial charge in [-0.3, -0.25) is 9.48 Å². The van der Waals surface area contributed by atoms with E-state index in [1.165, 1.54) is 0 Å². The number of benzene rings is 1. The Labute approximate surface area is 213 Å². The summed E-state index contributed by atoms with van der Waals surface area (Å²) in [6, 6.07) is 10.4. The predicted octanol–water partition coefficient (Wildman–Crippen LogP) is 2.53. The molecule has 2 fully saturated rings. The SMILES string of the molecule is Cc1cc(C)nc(N2CCC3(CC2)NCCN(Cc2nn(C)cc2-c2cccc(N(C)C)c2)C3=O)n1. The van der Waals surface area contributed by atoms with Crippen LogP contribution in [0, 0.1) is 13.8 Å². The van der Waals surface area contributed by atoms with Crippen LogP contribution in [0.1, 0.15) is 29.9 Å². The molecule has 0 radical (unpaired) electrons. The Morgan fingerprint density at radius 1 is 1.06 bits per heavy atom. The first kappa shape index (κ1) is 24.2. The first-order chi connectivity index (χ1) is 17.2. The number of nitrogens with one attached hydrogen (secondary N) is 1. The molecule has 0 aliphatic carbocycles. The van der Waals surface area contributed by atoms with Crippen LogP contribution in [0.2, 0.25) is 0 Å². The summed E-state index contributed by atoms with van der Waals surface area (Å²) in [6.07, 6.45) is 3.52. The molecule has 9 nitrogen and oxygen atoms in total. The topological polar surface area (TPSA) is 82.4 Å². The van der Waals surface area contributed by atoms with Gasteiger partial charge in [-0.2, -0.15) is 5.10 Å². The molecule has 9 heteroatoms. The van der Waals surface area contributed by atoms with Crippen LogP contribution in [0.15, 0.2) is 36.5 Å². The molecule has 4 heterocycles. The normalized spacial score (nSPS) is 17.6. The van der Waals surface area contributed by atoms with E-state index in [0.717, 1.165) is 72.3 Å². The molecule has 5 rings (SSSR count). The summed E-state index contributed by atoms with van der Waals surface area (Å²) in [5.41, 5.74) is 5.66. The van der Waals surface area contributed by atoms with Crippen LogP contribution >= 0.6 is 0 Å². The number of hydrogen-bond donors (Lipinski definition) is 1. The second-order valence-electron chi connectivity index (χ2n) is 10.3. The summed E-state index contributed by atoms with van der Waals surface area (Å²) < 4.78 is 1.85. The molecule has 0 bridgehead atoms. The molecule has 2 aliphatic rings. The average Bonchev–Trinajstić information content (AvgIpc) is 3.22. The van der Waals surface area contributed by atoms with Gasteiger partial charge in [0.2, 0.25) is 11.9 Å². The number of piperazine rings is 1. The fraction of sp³-hybridized carbons (Fsp3) is 0.481. The molecule has 1 N–H and O–H groups in total. The Morgan fingerprint density at radius 2 is 1.78 bits per heavy atom. The molecule has 2 saturated heterocycles. The van der Waals surface area contributed by atoms with Crippen LogP contribution in [0.5, 0.6) is 0 Å². The first-order valence-corrected chi connectivity index (χ1v) is 12.7.